The first-order valence-corrected chi connectivity index (χ1v) is 6.71. The molecule has 1 amide bonds. The van der Waals surface area contributed by atoms with Crippen molar-refractivity contribution in [2.45, 2.75) is 12.1 Å². The van der Waals surface area contributed by atoms with E-state index in [0.717, 1.165) is 11.4 Å². The monoisotopic (exact) mass is 278 g/mol. The first-order chi connectivity index (χ1) is 9.20. The summed E-state index contributed by atoms with van der Waals surface area (Å²) < 4.78 is 1.81. The predicted molar refractivity (Wildman–Crippen MR) is 73.5 cm³/mol. The van der Waals surface area contributed by atoms with Gasteiger partial charge in [-0.05, 0) is 18.2 Å². The van der Waals surface area contributed by atoms with Crippen LogP contribution in [0.1, 0.15) is 6.92 Å². The van der Waals surface area contributed by atoms with Gasteiger partial charge < -0.3 is 10.4 Å². The molecule has 0 atom stereocenters. The van der Waals surface area contributed by atoms with Crippen molar-refractivity contribution >= 4 is 23.4 Å². The van der Waals surface area contributed by atoms with Gasteiger partial charge in [0.05, 0.1) is 12.3 Å². The van der Waals surface area contributed by atoms with Crippen LogP contribution < -0.4 is 5.32 Å². The Morgan fingerprint density at radius 3 is 3.11 bits per heavy atom. The third kappa shape index (κ3) is 3.55. The molecule has 1 aromatic carbocycles. The van der Waals surface area contributed by atoms with E-state index < -0.39 is 0 Å². The molecule has 1 heterocycles. The molecule has 0 aliphatic carbocycles. The zero-order valence-corrected chi connectivity index (χ0v) is 11.2. The molecule has 0 saturated heterocycles. The summed E-state index contributed by atoms with van der Waals surface area (Å²) in [5.41, 5.74) is 1.58. The molecule has 0 radical (unpaired) electrons. The lowest BCUT2D eigenvalue weighted by Crippen LogP contribution is -2.06. The Labute approximate surface area is 114 Å². The minimum atomic E-state index is -0.115. The van der Waals surface area contributed by atoms with Crippen molar-refractivity contribution in [3.63, 3.8) is 0 Å². The maximum absolute atomic E-state index is 11.0. The average molecular weight is 278 g/mol. The number of hydrogen-bond donors (Lipinski definition) is 2. The molecule has 100 valence electrons. The van der Waals surface area contributed by atoms with E-state index in [-0.39, 0.29) is 12.5 Å². The molecule has 19 heavy (non-hydrogen) atoms. The molecule has 0 unspecified atom stereocenters. The summed E-state index contributed by atoms with van der Waals surface area (Å²) in [6, 6.07) is 7.41. The standard InChI is InChI=1S/C12H14N4O2S/c1-9(18)14-10-3-2-4-11(7-10)16-8-13-15-12(16)19-6-5-17/h2-4,7-8,17H,5-6H2,1H3,(H,14,18). The zero-order valence-electron chi connectivity index (χ0n) is 10.4. The van der Waals surface area contributed by atoms with Crippen molar-refractivity contribution in [3.8, 4) is 5.69 Å². The van der Waals surface area contributed by atoms with Crippen LogP contribution >= 0.6 is 11.8 Å². The number of carbonyl (C=O) groups is 1. The van der Waals surface area contributed by atoms with Crippen LogP contribution in [0.25, 0.3) is 5.69 Å². The van der Waals surface area contributed by atoms with Crippen molar-refractivity contribution in [1.29, 1.82) is 0 Å². The highest BCUT2D eigenvalue weighted by Gasteiger charge is 2.07. The maximum Gasteiger partial charge on any atom is 0.221 e. The third-order valence-corrected chi connectivity index (χ3v) is 3.21. The van der Waals surface area contributed by atoms with E-state index in [9.17, 15) is 4.79 Å². The number of thioether (sulfide) groups is 1. The van der Waals surface area contributed by atoms with Gasteiger partial charge in [-0.25, -0.2) is 0 Å². The lowest BCUT2D eigenvalue weighted by atomic mass is 10.2. The smallest absolute Gasteiger partial charge is 0.221 e. The number of benzene rings is 1. The number of carbonyl (C=O) groups excluding carboxylic acids is 1. The van der Waals surface area contributed by atoms with E-state index >= 15 is 0 Å². The molecule has 6 nitrogen and oxygen atoms in total. The summed E-state index contributed by atoms with van der Waals surface area (Å²) in [6.45, 7) is 1.55. The van der Waals surface area contributed by atoms with E-state index in [2.05, 4.69) is 15.5 Å². The average Bonchev–Trinajstić information content (AvgIpc) is 2.84. The van der Waals surface area contributed by atoms with E-state index in [1.165, 1.54) is 18.7 Å². The molecular weight excluding hydrogens is 264 g/mol. The Kier molecular flexibility index (Phi) is 4.53. The molecule has 7 heteroatoms. The van der Waals surface area contributed by atoms with Gasteiger partial charge in [-0.2, -0.15) is 0 Å². The quantitative estimate of drug-likeness (QED) is 0.806. The minimum Gasteiger partial charge on any atom is -0.396 e. The lowest BCUT2D eigenvalue weighted by molar-refractivity contribution is -0.114. The van der Waals surface area contributed by atoms with Crippen LogP contribution in [0.15, 0.2) is 35.7 Å². The molecule has 2 rings (SSSR count). The number of aliphatic hydroxyl groups excluding tert-OH is 1. The molecule has 2 aromatic rings. The summed E-state index contributed by atoms with van der Waals surface area (Å²) >= 11 is 1.42. The lowest BCUT2D eigenvalue weighted by Gasteiger charge is -2.08. The number of amides is 1. The molecule has 2 N–H and O–H groups in total. The molecule has 0 spiro atoms. The van der Waals surface area contributed by atoms with Crippen molar-refractivity contribution in [2.75, 3.05) is 17.7 Å². The fourth-order valence-electron chi connectivity index (χ4n) is 1.57. The fourth-order valence-corrected chi connectivity index (χ4v) is 2.24. The van der Waals surface area contributed by atoms with Gasteiger partial charge in [0.15, 0.2) is 5.16 Å². The normalized spacial score (nSPS) is 10.4. The van der Waals surface area contributed by atoms with Crippen molar-refractivity contribution < 1.29 is 9.90 Å². The summed E-state index contributed by atoms with van der Waals surface area (Å²) in [5, 5.41) is 20.1. The van der Waals surface area contributed by atoms with E-state index in [0.29, 0.717) is 10.9 Å². The fraction of sp³-hybridized carbons (Fsp3) is 0.250. The van der Waals surface area contributed by atoms with Gasteiger partial charge in [0, 0.05) is 18.4 Å². The first-order valence-electron chi connectivity index (χ1n) is 5.72. The van der Waals surface area contributed by atoms with E-state index in [4.69, 9.17) is 5.11 Å². The predicted octanol–water partition coefficient (Wildman–Crippen LogP) is 1.31. The van der Waals surface area contributed by atoms with Crippen LogP contribution in [0.3, 0.4) is 0 Å². The van der Waals surface area contributed by atoms with Gasteiger partial charge in [-0.15, -0.1) is 10.2 Å². The Balaban J connectivity index is 2.26. The molecule has 0 bridgehead atoms. The molecule has 0 fully saturated rings. The Bertz CT molecular complexity index is 570. The van der Waals surface area contributed by atoms with Crippen LogP contribution in [-0.2, 0) is 4.79 Å². The van der Waals surface area contributed by atoms with Gasteiger partial charge in [-0.1, -0.05) is 17.8 Å². The summed E-state index contributed by atoms with van der Waals surface area (Å²) in [7, 11) is 0. The van der Waals surface area contributed by atoms with E-state index in [1.54, 1.807) is 6.33 Å². The summed E-state index contributed by atoms with van der Waals surface area (Å²) in [6.07, 6.45) is 1.60. The van der Waals surface area contributed by atoms with Gasteiger partial charge in [0.2, 0.25) is 5.91 Å². The second-order valence-corrected chi connectivity index (χ2v) is 4.85. The Morgan fingerprint density at radius 2 is 2.37 bits per heavy atom. The van der Waals surface area contributed by atoms with Crippen LogP contribution in [0.2, 0.25) is 0 Å². The molecule has 1 aromatic heterocycles. The SMILES string of the molecule is CC(=O)Nc1cccc(-n2cnnc2SCCO)c1. The van der Waals surface area contributed by atoms with Gasteiger partial charge in [-0.3, -0.25) is 9.36 Å². The summed E-state index contributed by atoms with van der Waals surface area (Å²) in [4.78, 5) is 11.0. The number of rotatable bonds is 5. The minimum absolute atomic E-state index is 0.0868. The van der Waals surface area contributed by atoms with Gasteiger partial charge in [0.1, 0.15) is 6.33 Å². The summed E-state index contributed by atoms with van der Waals surface area (Å²) in [5.74, 6) is 0.445. The Morgan fingerprint density at radius 1 is 1.53 bits per heavy atom. The van der Waals surface area contributed by atoms with Crippen molar-refractivity contribution in [3.05, 3.63) is 30.6 Å². The molecular formula is C12H14N4O2S. The van der Waals surface area contributed by atoms with Gasteiger partial charge >= 0.3 is 0 Å². The highest BCUT2D eigenvalue weighted by molar-refractivity contribution is 7.99. The topological polar surface area (TPSA) is 80.0 Å². The maximum atomic E-state index is 11.0. The number of aliphatic hydroxyl groups is 1. The Hall–Kier alpha value is -1.86. The molecule has 0 aliphatic rings. The largest absolute Gasteiger partial charge is 0.396 e. The second-order valence-electron chi connectivity index (χ2n) is 3.79. The number of anilines is 1. The van der Waals surface area contributed by atoms with Crippen molar-refractivity contribution in [1.82, 2.24) is 14.8 Å². The zero-order chi connectivity index (χ0) is 13.7. The number of nitrogens with zero attached hydrogens (tertiary/aromatic N) is 3. The highest BCUT2D eigenvalue weighted by Crippen LogP contribution is 2.21. The first kappa shape index (κ1) is 13.6. The number of nitrogens with one attached hydrogen (secondary N) is 1. The van der Waals surface area contributed by atoms with Crippen LogP contribution in [-0.4, -0.2) is 38.1 Å². The molecule has 0 aliphatic heterocycles. The van der Waals surface area contributed by atoms with E-state index in [1.807, 2.05) is 28.8 Å². The number of hydrogen-bond acceptors (Lipinski definition) is 5. The highest BCUT2D eigenvalue weighted by atomic mass is 32.2. The van der Waals surface area contributed by atoms with Crippen LogP contribution in [0.4, 0.5) is 5.69 Å². The van der Waals surface area contributed by atoms with Gasteiger partial charge in [0.25, 0.3) is 0 Å². The second kappa shape index (κ2) is 6.35. The number of aromatic nitrogens is 3. The third-order valence-electron chi connectivity index (χ3n) is 2.28. The molecule has 0 saturated carbocycles. The van der Waals surface area contributed by atoms with Crippen LogP contribution in [0.5, 0.6) is 0 Å². The van der Waals surface area contributed by atoms with Crippen molar-refractivity contribution in [2.24, 2.45) is 0 Å². The van der Waals surface area contributed by atoms with Crippen LogP contribution in [0, 0.1) is 0 Å².